The predicted octanol–water partition coefficient (Wildman–Crippen LogP) is 2.84. The summed E-state index contributed by atoms with van der Waals surface area (Å²) in [7, 11) is 5.77. The van der Waals surface area contributed by atoms with E-state index in [1.165, 1.54) is 5.57 Å². The van der Waals surface area contributed by atoms with E-state index in [1.807, 2.05) is 21.0 Å². The second-order valence-corrected chi connectivity index (χ2v) is 4.43. The van der Waals surface area contributed by atoms with Gasteiger partial charge in [-0.2, -0.15) is 0 Å². The molecule has 0 fully saturated rings. The third-order valence-corrected chi connectivity index (χ3v) is 2.46. The van der Waals surface area contributed by atoms with Crippen LogP contribution in [0, 0.1) is 0 Å². The molecule has 17 heavy (non-hydrogen) atoms. The molecule has 0 aromatic heterocycles. The molecule has 0 radical (unpaired) electrons. The smallest absolute Gasteiger partial charge is 0.125 e. The summed E-state index contributed by atoms with van der Waals surface area (Å²) in [4.78, 5) is 2.10. The Kier molecular flexibility index (Phi) is 8.82. The number of rotatable bonds is 8. The lowest BCUT2D eigenvalue weighted by atomic mass is 10.2. The summed E-state index contributed by atoms with van der Waals surface area (Å²) < 4.78 is 11.1. The molecule has 0 aromatic rings. The van der Waals surface area contributed by atoms with Crippen LogP contribution in [-0.4, -0.2) is 45.4 Å². The molecule has 0 heterocycles. The highest BCUT2D eigenvalue weighted by molar-refractivity contribution is 5.20. The highest BCUT2D eigenvalue weighted by Gasteiger charge is 2.09. The zero-order valence-electron chi connectivity index (χ0n) is 12.1. The maximum absolute atomic E-state index is 5.78. The number of methoxy groups -OCH3 is 1. The van der Waals surface area contributed by atoms with Crippen molar-refractivity contribution in [1.82, 2.24) is 4.90 Å². The fourth-order valence-electron chi connectivity index (χ4n) is 1.34. The van der Waals surface area contributed by atoms with E-state index >= 15 is 0 Å². The lowest BCUT2D eigenvalue weighted by Crippen LogP contribution is -2.20. The van der Waals surface area contributed by atoms with Gasteiger partial charge < -0.3 is 14.4 Å². The lowest BCUT2D eigenvalue weighted by Gasteiger charge is -2.18. The van der Waals surface area contributed by atoms with Crippen LogP contribution in [0.15, 0.2) is 23.5 Å². The number of nitrogens with zero attached hydrogens (tertiary/aromatic N) is 1. The zero-order chi connectivity index (χ0) is 13.3. The van der Waals surface area contributed by atoms with Crippen molar-refractivity contribution in [3.8, 4) is 0 Å². The molecule has 0 amide bonds. The number of ether oxygens (including phenoxy) is 2. The molecule has 1 atom stereocenters. The molecule has 100 valence electrons. The molecule has 0 saturated heterocycles. The third kappa shape index (κ3) is 8.00. The van der Waals surface area contributed by atoms with Crippen LogP contribution in [-0.2, 0) is 9.47 Å². The molecular weight excluding hydrogens is 214 g/mol. The van der Waals surface area contributed by atoms with Gasteiger partial charge in [0.05, 0.1) is 0 Å². The highest BCUT2D eigenvalue weighted by atomic mass is 16.5. The second kappa shape index (κ2) is 9.25. The number of likely N-dealkylation sites (N-methyl/N-ethyl adjacent to an activating group) is 1. The molecule has 0 saturated carbocycles. The fourth-order valence-corrected chi connectivity index (χ4v) is 1.34. The lowest BCUT2D eigenvalue weighted by molar-refractivity contribution is 0.0693. The summed E-state index contributed by atoms with van der Waals surface area (Å²) in [6.45, 7) is 7.81. The van der Waals surface area contributed by atoms with Gasteiger partial charge in [-0.3, -0.25) is 0 Å². The number of hydrogen-bond donors (Lipinski definition) is 0. The summed E-state index contributed by atoms with van der Waals surface area (Å²) in [6, 6.07) is 0. The van der Waals surface area contributed by atoms with Crippen molar-refractivity contribution in [1.29, 1.82) is 0 Å². The second-order valence-electron chi connectivity index (χ2n) is 4.43. The standard InChI is InChI=1S/C14H27NO2/c1-7-8-12(2)11-14(13(3)16-6)17-10-9-15(4)5/h8,11,13H,7,9-10H2,1-6H3/b12-8-,14-11+. The Morgan fingerprint density at radius 1 is 1.35 bits per heavy atom. The molecule has 0 bridgehead atoms. The first-order chi connectivity index (χ1) is 8.01. The SMILES string of the molecule is CC/C=C(C)\C=C(\OCCN(C)C)C(C)OC. The van der Waals surface area contributed by atoms with Gasteiger partial charge in [0.2, 0.25) is 0 Å². The van der Waals surface area contributed by atoms with Crippen LogP contribution in [0.1, 0.15) is 27.2 Å². The minimum atomic E-state index is -0.00244. The fraction of sp³-hybridized carbons (Fsp3) is 0.714. The van der Waals surface area contributed by atoms with E-state index in [2.05, 4.69) is 30.9 Å². The first kappa shape index (κ1) is 16.2. The predicted molar refractivity (Wildman–Crippen MR) is 73.1 cm³/mol. The first-order valence-electron chi connectivity index (χ1n) is 6.19. The molecule has 0 aliphatic heterocycles. The van der Waals surface area contributed by atoms with Crippen molar-refractivity contribution in [2.24, 2.45) is 0 Å². The van der Waals surface area contributed by atoms with E-state index in [-0.39, 0.29) is 6.10 Å². The maximum Gasteiger partial charge on any atom is 0.125 e. The molecule has 0 spiro atoms. The molecule has 3 nitrogen and oxygen atoms in total. The molecular formula is C14H27NO2. The van der Waals surface area contributed by atoms with Crippen molar-refractivity contribution in [3.05, 3.63) is 23.5 Å². The minimum absolute atomic E-state index is 0.00244. The number of hydrogen-bond acceptors (Lipinski definition) is 3. The van der Waals surface area contributed by atoms with E-state index in [0.717, 1.165) is 18.7 Å². The zero-order valence-corrected chi connectivity index (χ0v) is 12.1. The molecule has 0 aliphatic rings. The summed E-state index contributed by atoms with van der Waals surface area (Å²) in [5, 5.41) is 0. The Labute approximate surface area is 106 Å². The molecule has 1 unspecified atom stereocenters. The Morgan fingerprint density at radius 3 is 2.47 bits per heavy atom. The van der Waals surface area contributed by atoms with Crippen LogP contribution < -0.4 is 0 Å². The van der Waals surface area contributed by atoms with Crippen molar-refractivity contribution >= 4 is 0 Å². The van der Waals surface area contributed by atoms with Crippen LogP contribution in [0.5, 0.6) is 0 Å². The quantitative estimate of drug-likeness (QED) is 0.482. The average molecular weight is 241 g/mol. The molecule has 0 N–H and O–H groups in total. The van der Waals surface area contributed by atoms with E-state index in [0.29, 0.717) is 6.61 Å². The van der Waals surface area contributed by atoms with Crippen LogP contribution in [0.3, 0.4) is 0 Å². The minimum Gasteiger partial charge on any atom is -0.494 e. The third-order valence-electron chi connectivity index (χ3n) is 2.46. The van der Waals surface area contributed by atoms with Crippen molar-refractivity contribution in [2.75, 3.05) is 34.4 Å². The van der Waals surface area contributed by atoms with Gasteiger partial charge in [0.25, 0.3) is 0 Å². The highest BCUT2D eigenvalue weighted by Crippen LogP contribution is 2.11. The van der Waals surface area contributed by atoms with E-state index in [1.54, 1.807) is 7.11 Å². The van der Waals surface area contributed by atoms with Gasteiger partial charge in [-0.25, -0.2) is 0 Å². The maximum atomic E-state index is 5.78. The van der Waals surface area contributed by atoms with Gasteiger partial charge in [0, 0.05) is 13.7 Å². The monoisotopic (exact) mass is 241 g/mol. The van der Waals surface area contributed by atoms with Crippen LogP contribution in [0.2, 0.25) is 0 Å². The van der Waals surface area contributed by atoms with Gasteiger partial charge in [-0.05, 0) is 40.4 Å². The van der Waals surface area contributed by atoms with Crippen molar-refractivity contribution in [3.63, 3.8) is 0 Å². The van der Waals surface area contributed by atoms with Gasteiger partial charge >= 0.3 is 0 Å². The molecule has 0 aliphatic carbocycles. The Bertz CT molecular complexity index is 257. The van der Waals surface area contributed by atoms with Gasteiger partial charge in [-0.1, -0.05) is 18.6 Å². The normalized spacial score (nSPS) is 15.2. The van der Waals surface area contributed by atoms with Crippen molar-refractivity contribution in [2.45, 2.75) is 33.3 Å². The van der Waals surface area contributed by atoms with E-state index < -0.39 is 0 Å². The van der Waals surface area contributed by atoms with E-state index in [4.69, 9.17) is 9.47 Å². The summed E-state index contributed by atoms with van der Waals surface area (Å²) in [6.07, 6.45) is 5.28. The van der Waals surface area contributed by atoms with Crippen LogP contribution in [0.4, 0.5) is 0 Å². The Hall–Kier alpha value is -0.800. The average Bonchev–Trinajstić information content (AvgIpc) is 2.26. The van der Waals surface area contributed by atoms with Gasteiger partial charge in [0.1, 0.15) is 18.5 Å². The molecule has 0 aromatic carbocycles. The topological polar surface area (TPSA) is 21.7 Å². The Balaban J connectivity index is 4.48. The number of allylic oxidation sites excluding steroid dienone is 3. The molecule has 3 heteroatoms. The van der Waals surface area contributed by atoms with Gasteiger partial charge in [-0.15, -0.1) is 0 Å². The van der Waals surface area contributed by atoms with Crippen LogP contribution >= 0.6 is 0 Å². The largest absolute Gasteiger partial charge is 0.494 e. The van der Waals surface area contributed by atoms with Crippen LogP contribution in [0.25, 0.3) is 0 Å². The molecule has 0 rings (SSSR count). The van der Waals surface area contributed by atoms with E-state index in [9.17, 15) is 0 Å². The first-order valence-corrected chi connectivity index (χ1v) is 6.19. The summed E-state index contributed by atoms with van der Waals surface area (Å²) in [5.74, 6) is 0.900. The summed E-state index contributed by atoms with van der Waals surface area (Å²) in [5.41, 5.74) is 1.22. The van der Waals surface area contributed by atoms with Gasteiger partial charge in [0.15, 0.2) is 0 Å². The Morgan fingerprint density at radius 2 is 2.00 bits per heavy atom. The van der Waals surface area contributed by atoms with Crippen molar-refractivity contribution < 1.29 is 9.47 Å². The summed E-state index contributed by atoms with van der Waals surface area (Å²) >= 11 is 0.